The number of anilines is 1. The van der Waals surface area contributed by atoms with Crippen LogP contribution in [0, 0.1) is 12.8 Å². The van der Waals surface area contributed by atoms with Crippen LogP contribution in [0.15, 0.2) is 47.8 Å². The van der Waals surface area contributed by atoms with E-state index in [4.69, 9.17) is 5.10 Å². The molecule has 0 bridgehead atoms. The van der Waals surface area contributed by atoms with Gasteiger partial charge in [-0.15, -0.1) is 0 Å². The van der Waals surface area contributed by atoms with Gasteiger partial charge in [-0.2, -0.15) is 5.10 Å². The van der Waals surface area contributed by atoms with Crippen molar-refractivity contribution in [2.75, 3.05) is 5.01 Å². The third kappa shape index (κ3) is 4.16. The molecule has 0 N–H and O–H groups in total. The first-order valence-corrected chi connectivity index (χ1v) is 8.95. The minimum absolute atomic E-state index is 0.0658. The molecule has 1 aromatic heterocycles. The number of nitrogens with zero attached hydrogens (tertiary/aromatic N) is 4. The first kappa shape index (κ1) is 17.4. The van der Waals surface area contributed by atoms with E-state index < -0.39 is 0 Å². The Hall–Kier alpha value is -2.43. The zero-order chi connectivity index (χ0) is 17.8. The average molecular weight is 338 g/mol. The van der Waals surface area contributed by atoms with Gasteiger partial charge in [-0.3, -0.25) is 9.80 Å². The van der Waals surface area contributed by atoms with Crippen LogP contribution in [-0.4, -0.2) is 27.1 Å². The number of hydrogen-bond acceptors (Lipinski definition) is 4. The van der Waals surface area contributed by atoms with Gasteiger partial charge in [0.1, 0.15) is 11.6 Å². The Morgan fingerprint density at radius 3 is 2.68 bits per heavy atom. The van der Waals surface area contributed by atoms with Crippen LogP contribution in [0.1, 0.15) is 38.9 Å². The maximum atomic E-state index is 12.6. The Kier molecular flexibility index (Phi) is 5.31. The van der Waals surface area contributed by atoms with Gasteiger partial charge in [0, 0.05) is 43.0 Å². The molecule has 2 aromatic rings. The number of aryl methyl sites for hydroxylation is 1. The summed E-state index contributed by atoms with van der Waals surface area (Å²) in [6, 6.07) is 10.4. The molecule has 1 aliphatic rings. The Morgan fingerprint density at radius 2 is 2.08 bits per heavy atom. The van der Waals surface area contributed by atoms with E-state index in [9.17, 15) is 4.79 Å². The lowest BCUT2D eigenvalue weighted by Crippen LogP contribution is -2.32. The Morgan fingerprint density at radius 1 is 1.32 bits per heavy atom. The van der Waals surface area contributed by atoms with Gasteiger partial charge >= 0.3 is 0 Å². The second kappa shape index (κ2) is 7.64. The molecule has 5 heteroatoms. The van der Waals surface area contributed by atoms with Crippen molar-refractivity contribution in [3.63, 3.8) is 0 Å². The van der Waals surface area contributed by atoms with Crippen molar-refractivity contribution in [3.05, 3.63) is 48.5 Å². The van der Waals surface area contributed by atoms with Gasteiger partial charge in [-0.25, -0.2) is 4.98 Å². The molecule has 0 radical (unpaired) electrons. The van der Waals surface area contributed by atoms with Gasteiger partial charge in [0.15, 0.2) is 0 Å². The van der Waals surface area contributed by atoms with Crippen molar-refractivity contribution < 1.29 is 4.79 Å². The first-order chi connectivity index (χ1) is 12.0. The maximum Gasteiger partial charge on any atom is 0.143 e. The number of para-hydroxylation sites is 1. The summed E-state index contributed by atoms with van der Waals surface area (Å²) in [5.41, 5.74) is 2.05. The van der Waals surface area contributed by atoms with E-state index in [2.05, 4.69) is 35.5 Å². The Bertz CT molecular complexity index is 748. The number of aromatic nitrogens is 2. The molecule has 1 unspecified atom stereocenters. The summed E-state index contributed by atoms with van der Waals surface area (Å²) in [5, 5.41) is 6.83. The number of carbonyl (C=O) groups is 1. The molecule has 25 heavy (non-hydrogen) atoms. The summed E-state index contributed by atoms with van der Waals surface area (Å²) in [5.74, 6) is 1.31. The van der Waals surface area contributed by atoms with Crippen LogP contribution in [0.2, 0.25) is 0 Å². The molecule has 1 heterocycles. The second-order valence-electron chi connectivity index (χ2n) is 6.95. The van der Waals surface area contributed by atoms with E-state index in [0.717, 1.165) is 36.6 Å². The number of carbonyl (C=O) groups excluding carboxylic acids is 1. The minimum Gasteiger partial charge on any atom is -0.334 e. The van der Waals surface area contributed by atoms with Gasteiger partial charge in [0.25, 0.3) is 0 Å². The van der Waals surface area contributed by atoms with E-state index in [0.29, 0.717) is 6.42 Å². The van der Waals surface area contributed by atoms with Gasteiger partial charge < -0.3 is 4.57 Å². The first-order valence-electron chi connectivity index (χ1n) is 8.95. The highest BCUT2D eigenvalue weighted by molar-refractivity contribution is 6.05. The highest BCUT2D eigenvalue weighted by Gasteiger charge is 2.27. The zero-order valence-electron chi connectivity index (χ0n) is 15.2. The van der Waals surface area contributed by atoms with E-state index in [1.54, 1.807) is 6.20 Å². The molecule has 0 amide bonds. The number of benzene rings is 1. The average Bonchev–Trinajstić information content (AvgIpc) is 3.00. The highest BCUT2D eigenvalue weighted by atomic mass is 16.1. The Balaban J connectivity index is 1.70. The fourth-order valence-electron chi connectivity index (χ4n) is 3.25. The SMILES string of the molecule is Cc1nccn1CC1CCC(=NN(c2ccccc2)C(C)C)CC1=O. The van der Waals surface area contributed by atoms with Gasteiger partial charge in [-0.05, 0) is 45.7 Å². The zero-order valence-corrected chi connectivity index (χ0v) is 15.2. The van der Waals surface area contributed by atoms with Gasteiger partial charge in [-0.1, -0.05) is 18.2 Å². The van der Waals surface area contributed by atoms with Crippen LogP contribution in [0.5, 0.6) is 0 Å². The second-order valence-corrected chi connectivity index (χ2v) is 6.95. The topological polar surface area (TPSA) is 50.5 Å². The van der Waals surface area contributed by atoms with E-state index in [-0.39, 0.29) is 17.7 Å². The molecule has 1 aromatic carbocycles. The van der Waals surface area contributed by atoms with E-state index in [1.807, 2.05) is 36.3 Å². The van der Waals surface area contributed by atoms with Crippen molar-refractivity contribution in [2.24, 2.45) is 11.0 Å². The van der Waals surface area contributed by atoms with Crippen LogP contribution in [0.4, 0.5) is 5.69 Å². The molecule has 1 saturated carbocycles. The van der Waals surface area contributed by atoms with Gasteiger partial charge in [0.2, 0.25) is 0 Å². The maximum absolute atomic E-state index is 12.6. The summed E-state index contributed by atoms with van der Waals surface area (Å²) < 4.78 is 2.06. The predicted molar refractivity (Wildman–Crippen MR) is 101 cm³/mol. The number of imidazole rings is 1. The monoisotopic (exact) mass is 338 g/mol. The largest absolute Gasteiger partial charge is 0.334 e. The molecular weight excluding hydrogens is 312 g/mol. The molecule has 3 rings (SSSR count). The lowest BCUT2D eigenvalue weighted by molar-refractivity contribution is -0.122. The number of Topliss-reactive ketones (excluding diaryl/α,β-unsaturated/α-hetero) is 1. The predicted octanol–water partition coefficient (Wildman–Crippen LogP) is 3.83. The van der Waals surface area contributed by atoms with Crippen molar-refractivity contribution in [3.8, 4) is 0 Å². The summed E-state index contributed by atoms with van der Waals surface area (Å²) in [4.78, 5) is 16.8. The fourth-order valence-corrected chi connectivity index (χ4v) is 3.25. The molecule has 0 saturated heterocycles. The van der Waals surface area contributed by atoms with E-state index in [1.165, 1.54) is 0 Å². The summed E-state index contributed by atoms with van der Waals surface area (Å²) in [6.07, 6.45) is 5.92. The lowest BCUT2D eigenvalue weighted by atomic mass is 9.86. The van der Waals surface area contributed by atoms with Crippen LogP contribution < -0.4 is 5.01 Å². The number of hydrogen-bond donors (Lipinski definition) is 0. The highest BCUT2D eigenvalue weighted by Crippen LogP contribution is 2.24. The van der Waals surface area contributed by atoms with E-state index >= 15 is 0 Å². The van der Waals surface area contributed by atoms with Crippen LogP contribution in [0.25, 0.3) is 0 Å². The summed E-state index contributed by atoms with van der Waals surface area (Å²) in [6.45, 7) is 6.93. The van der Waals surface area contributed by atoms with Crippen molar-refractivity contribution >= 4 is 17.2 Å². The molecule has 0 spiro atoms. The van der Waals surface area contributed by atoms with Crippen LogP contribution in [0.3, 0.4) is 0 Å². The molecule has 132 valence electrons. The minimum atomic E-state index is 0.0658. The molecule has 1 fully saturated rings. The van der Waals surface area contributed by atoms with Crippen molar-refractivity contribution in [1.82, 2.24) is 9.55 Å². The molecule has 5 nitrogen and oxygen atoms in total. The molecule has 1 atom stereocenters. The normalized spacial score (nSPS) is 19.6. The summed E-state index contributed by atoms with van der Waals surface area (Å²) in [7, 11) is 0. The number of rotatable bonds is 5. The number of hydrazone groups is 1. The van der Waals surface area contributed by atoms with Crippen LogP contribution >= 0.6 is 0 Å². The molecule has 1 aliphatic carbocycles. The van der Waals surface area contributed by atoms with Gasteiger partial charge in [0.05, 0.1) is 5.69 Å². The summed E-state index contributed by atoms with van der Waals surface area (Å²) >= 11 is 0. The smallest absolute Gasteiger partial charge is 0.143 e. The quantitative estimate of drug-likeness (QED) is 0.779. The Labute approximate surface area is 149 Å². The fraction of sp³-hybridized carbons (Fsp3) is 0.450. The standard InChI is InChI=1S/C20H26N4O/c1-15(2)24(19-7-5-4-6-8-19)22-18-10-9-17(20(25)13-18)14-23-12-11-21-16(23)3/h4-8,11-12,15,17H,9-10,13-14H2,1-3H3. The molecule has 0 aliphatic heterocycles. The number of ketones is 1. The third-order valence-corrected chi connectivity index (χ3v) is 4.71. The lowest BCUT2D eigenvalue weighted by Gasteiger charge is -2.28. The van der Waals surface area contributed by atoms with Crippen molar-refractivity contribution in [2.45, 2.75) is 52.6 Å². The third-order valence-electron chi connectivity index (χ3n) is 4.71. The molecular formula is C20H26N4O. The van der Waals surface area contributed by atoms with Crippen LogP contribution in [-0.2, 0) is 11.3 Å². The van der Waals surface area contributed by atoms with Crippen molar-refractivity contribution in [1.29, 1.82) is 0 Å².